The van der Waals surface area contributed by atoms with Crippen LogP contribution in [0.3, 0.4) is 0 Å². The van der Waals surface area contributed by atoms with Crippen LogP contribution >= 0.6 is 0 Å². The highest BCUT2D eigenvalue weighted by molar-refractivity contribution is 5.83. The molecule has 1 aromatic rings. The van der Waals surface area contributed by atoms with E-state index in [0.717, 1.165) is 12.0 Å². The van der Waals surface area contributed by atoms with Gasteiger partial charge in [0.2, 0.25) is 0 Å². The largest absolute Gasteiger partial charge is 0.459 e. The Bertz CT molecular complexity index is 777. The standard InChI is InChI=1S/C22H31N3O5/c1-22(2,3)30-21(28)25-17(19(26)29-14-15-8-6-5-7-9-15)12-16-10-11-24(13-18(16)25)20(27)23-4/h5-9,16-18H,10-14H2,1-4H3,(H,23,27)/t16-,17+,18-/m0/s1. The summed E-state index contributed by atoms with van der Waals surface area (Å²) in [6, 6.07) is 8.25. The zero-order valence-corrected chi connectivity index (χ0v) is 18.1. The average molecular weight is 418 g/mol. The van der Waals surface area contributed by atoms with E-state index in [1.54, 1.807) is 32.7 Å². The van der Waals surface area contributed by atoms with Crippen molar-refractivity contribution in [2.75, 3.05) is 20.1 Å². The molecule has 2 heterocycles. The van der Waals surface area contributed by atoms with Gasteiger partial charge < -0.3 is 19.7 Å². The van der Waals surface area contributed by atoms with E-state index in [1.807, 2.05) is 30.3 Å². The van der Waals surface area contributed by atoms with Crippen LogP contribution in [0.1, 0.15) is 39.2 Å². The highest BCUT2D eigenvalue weighted by Gasteiger charge is 2.51. The molecule has 0 radical (unpaired) electrons. The summed E-state index contributed by atoms with van der Waals surface area (Å²) in [7, 11) is 1.58. The van der Waals surface area contributed by atoms with E-state index in [0.29, 0.717) is 19.5 Å². The number of urea groups is 1. The number of likely N-dealkylation sites (tertiary alicyclic amines) is 2. The van der Waals surface area contributed by atoms with Crippen molar-refractivity contribution in [1.82, 2.24) is 15.1 Å². The number of piperidine rings is 1. The molecule has 0 aromatic heterocycles. The molecule has 8 heteroatoms. The molecule has 0 spiro atoms. The normalized spacial score (nSPS) is 23.5. The van der Waals surface area contributed by atoms with Crippen LogP contribution in [0.4, 0.5) is 9.59 Å². The molecule has 3 rings (SSSR count). The monoisotopic (exact) mass is 417 g/mol. The summed E-state index contributed by atoms with van der Waals surface area (Å²) in [4.78, 5) is 41.3. The Hall–Kier alpha value is -2.77. The van der Waals surface area contributed by atoms with Gasteiger partial charge in [0.1, 0.15) is 18.2 Å². The molecular weight excluding hydrogens is 386 g/mol. The van der Waals surface area contributed by atoms with Crippen LogP contribution in [0.5, 0.6) is 0 Å². The number of nitrogens with zero attached hydrogens (tertiary/aromatic N) is 2. The Labute approximate surface area is 177 Å². The Morgan fingerprint density at radius 1 is 1.17 bits per heavy atom. The minimum Gasteiger partial charge on any atom is -0.459 e. The van der Waals surface area contributed by atoms with Gasteiger partial charge in [-0.05, 0) is 45.1 Å². The van der Waals surface area contributed by atoms with E-state index in [2.05, 4.69) is 5.32 Å². The Morgan fingerprint density at radius 3 is 2.50 bits per heavy atom. The Kier molecular flexibility index (Phi) is 6.53. The lowest BCUT2D eigenvalue weighted by molar-refractivity contribution is -0.150. The number of carbonyl (C=O) groups is 3. The minimum atomic E-state index is -0.719. The quantitative estimate of drug-likeness (QED) is 0.764. The van der Waals surface area contributed by atoms with Gasteiger partial charge in [0.25, 0.3) is 0 Å². The smallest absolute Gasteiger partial charge is 0.411 e. The summed E-state index contributed by atoms with van der Waals surface area (Å²) in [5, 5.41) is 2.63. The molecule has 3 atom stereocenters. The van der Waals surface area contributed by atoms with Gasteiger partial charge in [-0.3, -0.25) is 4.90 Å². The van der Waals surface area contributed by atoms with Crippen molar-refractivity contribution in [3.8, 4) is 0 Å². The molecule has 1 N–H and O–H groups in total. The maximum absolute atomic E-state index is 13.0. The third-order valence-electron chi connectivity index (χ3n) is 5.54. The predicted octanol–water partition coefficient (Wildman–Crippen LogP) is 2.77. The zero-order chi connectivity index (χ0) is 21.9. The van der Waals surface area contributed by atoms with Crippen LogP contribution < -0.4 is 5.32 Å². The topological polar surface area (TPSA) is 88.2 Å². The van der Waals surface area contributed by atoms with Crippen molar-refractivity contribution in [3.63, 3.8) is 0 Å². The number of fused-ring (bicyclic) bond motifs is 1. The summed E-state index contributed by atoms with van der Waals surface area (Å²) in [6.45, 7) is 6.48. The number of amides is 3. The molecule has 0 aliphatic carbocycles. The van der Waals surface area contributed by atoms with Crippen LogP contribution in [0.2, 0.25) is 0 Å². The molecule has 3 amide bonds. The molecule has 2 fully saturated rings. The van der Waals surface area contributed by atoms with E-state index in [9.17, 15) is 14.4 Å². The second-order valence-electron chi connectivity index (χ2n) is 8.85. The van der Waals surface area contributed by atoms with Gasteiger partial charge in [-0.25, -0.2) is 14.4 Å². The number of nitrogens with one attached hydrogen (secondary N) is 1. The molecule has 0 unspecified atom stereocenters. The number of rotatable bonds is 3. The zero-order valence-electron chi connectivity index (χ0n) is 18.1. The molecular formula is C22H31N3O5. The predicted molar refractivity (Wildman–Crippen MR) is 111 cm³/mol. The van der Waals surface area contributed by atoms with Crippen LogP contribution in [0.15, 0.2) is 30.3 Å². The fraction of sp³-hybridized carbons (Fsp3) is 0.591. The van der Waals surface area contributed by atoms with Crippen LogP contribution in [-0.4, -0.2) is 65.7 Å². The van der Waals surface area contributed by atoms with Gasteiger partial charge in [0, 0.05) is 20.1 Å². The molecule has 8 nitrogen and oxygen atoms in total. The van der Waals surface area contributed by atoms with Crippen molar-refractivity contribution in [1.29, 1.82) is 0 Å². The van der Waals surface area contributed by atoms with Crippen LogP contribution in [0.25, 0.3) is 0 Å². The first-order valence-corrected chi connectivity index (χ1v) is 10.4. The molecule has 164 valence electrons. The molecule has 2 aliphatic rings. The van der Waals surface area contributed by atoms with E-state index in [-0.39, 0.29) is 24.6 Å². The van der Waals surface area contributed by atoms with Crippen LogP contribution in [0, 0.1) is 5.92 Å². The average Bonchev–Trinajstić information content (AvgIpc) is 3.10. The SMILES string of the molecule is CNC(=O)N1CC[C@H]2C[C@H](C(=O)OCc3ccccc3)N(C(=O)OC(C)(C)C)[C@H]2C1. The lowest BCUT2D eigenvalue weighted by atomic mass is 9.91. The Balaban J connectivity index is 1.77. The van der Waals surface area contributed by atoms with E-state index in [4.69, 9.17) is 9.47 Å². The first kappa shape index (κ1) is 21.9. The Morgan fingerprint density at radius 2 is 1.87 bits per heavy atom. The van der Waals surface area contributed by atoms with Crippen molar-refractivity contribution >= 4 is 18.1 Å². The number of benzene rings is 1. The third-order valence-corrected chi connectivity index (χ3v) is 5.54. The highest BCUT2D eigenvalue weighted by atomic mass is 16.6. The van der Waals surface area contributed by atoms with Gasteiger partial charge in [-0.15, -0.1) is 0 Å². The summed E-state index contributed by atoms with van der Waals surface area (Å²) in [5.74, 6) is -0.321. The van der Waals surface area contributed by atoms with Gasteiger partial charge in [-0.1, -0.05) is 30.3 Å². The number of carbonyl (C=O) groups excluding carboxylic acids is 3. The first-order valence-electron chi connectivity index (χ1n) is 10.4. The number of hydrogen-bond donors (Lipinski definition) is 1. The lowest BCUT2D eigenvalue weighted by Crippen LogP contribution is -2.56. The first-order chi connectivity index (χ1) is 14.2. The molecule has 0 saturated carbocycles. The number of ether oxygens (including phenoxy) is 2. The van der Waals surface area contributed by atoms with Gasteiger partial charge in [0.05, 0.1) is 6.04 Å². The maximum atomic E-state index is 13.0. The molecule has 1 aromatic carbocycles. The fourth-order valence-corrected chi connectivity index (χ4v) is 4.16. The second-order valence-corrected chi connectivity index (χ2v) is 8.85. The molecule has 0 bridgehead atoms. The number of hydrogen-bond acceptors (Lipinski definition) is 5. The lowest BCUT2D eigenvalue weighted by Gasteiger charge is -2.39. The maximum Gasteiger partial charge on any atom is 0.411 e. The molecule has 30 heavy (non-hydrogen) atoms. The molecule has 2 aliphatic heterocycles. The van der Waals surface area contributed by atoms with E-state index >= 15 is 0 Å². The van der Waals surface area contributed by atoms with Crippen molar-refractivity contribution in [2.45, 2.75) is 57.9 Å². The van der Waals surface area contributed by atoms with Crippen LogP contribution in [-0.2, 0) is 20.9 Å². The minimum absolute atomic E-state index is 0.118. The van der Waals surface area contributed by atoms with Gasteiger partial charge in [0.15, 0.2) is 0 Å². The number of esters is 1. The fourth-order valence-electron chi connectivity index (χ4n) is 4.16. The summed E-state index contributed by atoms with van der Waals surface area (Å²) < 4.78 is 11.1. The van der Waals surface area contributed by atoms with Crippen molar-refractivity contribution < 1.29 is 23.9 Å². The summed E-state index contributed by atoms with van der Waals surface area (Å²) in [5.41, 5.74) is 0.193. The second kappa shape index (κ2) is 8.93. The van der Waals surface area contributed by atoms with Crippen molar-refractivity contribution in [2.24, 2.45) is 5.92 Å². The van der Waals surface area contributed by atoms with Crippen molar-refractivity contribution in [3.05, 3.63) is 35.9 Å². The van der Waals surface area contributed by atoms with E-state index < -0.39 is 23.7 Å². The van der Waals surface area contributed by atoms with Gasteiger partial charge in [-0.2, -0.15) is 0 Å². The molecule has 2 saturated heterocycles. The van der Waals surface area contributed by atoms with E-state index in [1.165, 1.54) is 4.90 Å². The third kappa shape index (κ3) is 5.04. The summed E-state index contributed by atoms with van der Waals surface area (Å²) >= 11 is 0. The van der Waals surface area contributed by atoms with Gasteiger partial charge >= 0.3 is 18.1 Å². The summed E-state index contributed by atoms with van der Waals surface area (Å²) in [6.07, 6.45) is 0.689. The highest BCUT2D eigenvalue weighted by Crippen LogP contribution is 2.37.